The number of amides is 1. The van der Waals surface area contributed by atoms with Crippen molar-refractivity contribution in [1.29, 1.82) is 0 Å². The van der Waals surface area contributed by atoms with Gasteiger partial charge in [0.05, 0.1) is 25.2 Å². The van der Waals surface area contributed by atoms with Crippen LogP contribution in [0, 0.1) is 0 Å². The molecule has 0 N–H and O–H groups in total. The van der Waals surface area contributed by atoms with E-state index in [1.807, 2.05) is 0 Å². The molecule has 0 saturated carbocycles. The molecule has 0 aliphatic carbocycles. The van der Waals surface area contributed by atoms with Crippen LogP contribution in [0.1, 0.15) is 68.2 Å². The SMILES string of the molecule is CON(C)C(=O)C[C@H](C[C@@](C)(O[Si](C)(C)C(C)(C)C)/C(C)=C/I)O[Si](C)(C)C(C)(C)C. The van der Waals surface area contributed by atoms with E-state index in [9.17, 15) is 4.79 Å². The number of rotatable bonds is 10. The van der Waals surface area contributed by atoms with Crippen molar-refractivity contribution in [3.05, 3.63) is 9.66 Å². The summed E-state index contributed by atoms with van der Waals surface area (Å²) in [5.41, 5.74) is 0.651. The third-order valence-corrected chi connectivity index (χ3v) is 17.2. The molecule has 0 radical (unpaired) electrons. The van der Waals surface area contributed by atoms with E-state index in [1.54, 1.807) is 7.05 Å². The van der Waals surface area contributed by atoms with Gasteiger partial charge in [0.2, 0.25) is 5.91 Å². The first kappa shape index (κ1) is 31.3. The van der Waals surface area contributed by atoms with Gasteiger partial charge < -0.3 is 8.85 Å². The summed E-state index contributed by atoms with van der Waals surface area (Å²) >= 11 is 2.29. The molecule has 0 saturated heterocycles. The van der Waals surface area contributed by atoms with Crippen LogP contribution in [0.2, 0.25) is 36.3 Å². The molecule has 5 nitrogen and oxygen atoms in total. The lowest BCUT2D eigenvalue weighted by molar-refractivity contribution is -0.170. The average molecular weight is 586 g/mol. The lowest BCUT2D eigenvalue weighted by Crippen LogP contribution is -2.52. The summed E-state index contributed by atoms with van der Waals surface area (Å²) in [7, 11) is -1.00. The normalized spacial score (nSPS) is 17.3. The largest absolute Gasteiger partial charge is 0.413 e. The van der Waals surface area contributed by atoms with Crippen molar-refractivity contribution in [3.63, 3.8) is 0 Å². The smallest absolute Gasteiger partial charge is 0.248 e. The molecule has 31 heavy (non-hydrogen) atoms. The van der Waals surface area contributed by atoms with E-state index in [1.165, 1.54) is 12.2 Å². The predicted molar refractivity (Wildman–Crippen MR) is 146 cm³/mol. The molecule has 0 heterocycles. The highest BCUT2D eigenvalue weighted by molar-refractivity contribution is 14.1. The topological polar surface area (TPSA) is 48.0 Å². The van der Waals surface area contributed by atoms with Crippen LogP contribution in [0.4, 0.5) is 0 Å². The second-order valence-corrected chi connectivity index (χ2v) is 22.0. The summed E-state index contributed by atoms with van der Waals surface area (Å²) in [6, 6.07) is 0. The molecule has 0 aliphatic heterocycles. The Hall–Kier alpha value is 0.254. The molecule has 0 bridgehead atoms. The van der Waals surface area contributed by atoms with Gasteiger partial charge in [0.1, 0.15) is 0 Å². The zero-order valence-electron chi connectivity index (χ0n) is 22.5. The summed E-state index contributed by atoms with van der Waals surface area (Å²) in [5, 5.41) is 1.42. The molecular formula is C23H48INO4Si2. The summed E-state index contributed by atoms with van der Waals surface area (Å²) < 4.78 is 15.9. The van der Waals surface area contributed by atoms with Gasteiger partial charge in [0.15, 0.2) is 16.6 Å². The number of hydroxylamine groups is 2. The molecule has 0 rings (SSSR count). The molecule has 0 aromatic heterocycles. The minimum atomic E-state index is -2.10. The quantitative estimate of drug-likeness (QED) is 0.153. The molecule has 0 fully saturated rings. The van der Waals surface area contributed by atoms with E-state index in [-0.39, 0.29) is 28.5 Å². The van der Waals surface area contributed by atoms with Crippen molar-refractivity contribution in [3.8, 4) is 0 Å². The second kappa shape index (κ2) is 11.1. The maximum absolute atomic E-state index is 12.8. The Balaban J connectivity index is 6.18. The van der Waals surface area contributed by atoms with E-state index in [2.05, 4.69) is 108 Å². The highest BCUT2D eigenvalue weighted by Crippen LogP contribution is 2.44. The van der Waals surface area contributed by atoms with Crippen LogP contribution in [0.25, 0.3) is 0 Å². The van der Waals surface area contributed by atoms with E-state index in [0.717, 1.165) is 5.57 Å². The third kappa shape index (κ3) is 8.84. The van der Waals surface area contributed by atoms with E-state index >= 15 is 0 Å². The molecule has 184 valence electrons. The third-order valence-electron chi connectivity index (χ3n) is 7.20. The van der Waals surface area contributed by atoms with Gasteiger partial charge in [0, 0.05) is 13.5 Å². The standard InChI is InChI=1S/C23H48INO4Si2/c1-18(17-24)23(8,29-31(13,14)22(5,6)7)16-19(15-20(26)25(9)27-10)28-30(11,12)21(2,3)4/h17,19H,15-16H2,1-14H3/b18-17+/t19-,23-/m1/s1. The summed E-state index contributed by atoms with van der Waals surface area (Å²) in [6.45, 7) is 26.7. The maximum atomic E-state index is 12.8. The van der Waals surface area contributed by atoms with Gasteiger partial charge in [-0.15, -0.1) is 0 Å². The van der Waals surface area contributed by atoms with Crippen LogP contribution in [-0.4, -0.2) is 53.5 Å². The zero-order chi connectivity index (χ0) is 25.1. The van der Waals surface area contributed by atoms with Crippen molar-refractivity contribution >= 4 is 45.1 Å². The molecule has 2 atom stereocenters. The number of hydrogen-bond donors (Lipinski definition) is 0. The van der Waals surface area contributed by atoms with Crippen LogP contribution in [-0.2, 0) is 18.5 Å². The van der Waals surface area contributed by atoms with Gasteiger partial charge >= 0.3 is 0 Å². The lowest BCUT2D eigenvalue weighted by Gasteiger charge is -2.47. The molecule has 0 aromatic carbocycles. The summed E-state index contributed by atoms with van der Waals surface area (Å²) in [5.74, 6) is -0.0861. The first-order valence-corrected chi connectivity index (χ1v) is 18.2. The molecule has 0 unspecified atom stereocenters. The minimum Gasteiger partial charge on any atom is -0.413 e. The number of hydrogen-bond acceptors (Lipinski definition) is 4. The fourth-order valence-corrected chi connectivity index (χ4v) is 6.41. The first-order valence-electron chi connectivity index (χ1n) is 11.1. The number of carbonyl (C=O) groups is 1. The van der Waals surface area contributed by atoms with Crippen LogP contribution in [0.5, 0.6) is 0 Å². The maximum Gasteiger partial charge on any atom is 0.248 e. The summed E-state index contributed by atoms with van der Waals surface area (Å²) in [6.07, 6.45) is 0.634. The molecular weight excluding hydrogens is 537 g/mol. The Morgan fingerprint density at radius 3 is 1.81 bits per heavy atom. The highest BCUT2D eigenvalue weighted by atomic mass is 127. The van der Waals surface area contributed by atoms with Crippen molar-refractivity contribution in [2.24, 2.45) is 0 Å². The monoisotopic (exact) mass is 585 g/mol. The van der Waals surface area contributed by atoms with Crippen LogP contribution < -0.4 is 0 Å². The van der Waals surface area contributed by atoms with Gasteiger partial charge in [-0.3, -0.25) is 9.63 Å². The van der Waals surface area contributed by atoms with Crippen LogP contribution in [0.3, 0.4) is 0 Å². The number of nitrogens with zero attached hydrogens (tertiary/aromatic N) is 1. The lowest BCUT2D eigenvalue weighted by atomic mass is 9.90. The first-order chi connectivity index (χ1) is 13.6. The molecule has 1 amide bonds. The van der Waals surface area contributed by atoms with E-state index < -0.39 is 22.2 Å². The van der Waals surface area contributed by atoms with Gasteiger partial charge in [-0.2, -0.15) is 0 Å². The van der Waals surface area contributed by atoms with Crippen molar-refractivity contribution in [1.82, 2.24) is 5.06 Å². The zero-order valence-corrected chi connectivity index (χ0v) is 26.7. The Kier molecular flexibility index (Phi) is 11.2. The van der Waals surface area contributed by atoms with Crippen molar-refractivity contribution in [2.45, 2.75) is 116 Å². The Bertz CT molecular complexity index is 638. The van der Waals surface area contributed by atoms with Crippen LogP contribution >= 0.6 is 22.6 Å². The molecule has 0 aromatic rings. The van der Waals surface area contributed by atoms with Gasteiger partial charge in [-0.25, -0.2) is 5.06 Å². The Morgan fingerprint density at radius 2 is 1.45 bits per heavy atom. The average Bonchev–Trinajstić information content (AvgIpc) is 2.56. The summed E-state index contributed by atoms with van der Waals surface area (Å²) in [4.78, 5) is 17.9. The van der Waals surface area contributed by atoms with Crippen molar-refractivity contribution < 1.29 is 18.5 Å². The fourth-order valence-electron chi connectivity index (χ4n) is 2.72. The van der Waals surface area contributed by atoms with Crippen LogP contribution in [0.15, 0.2) is 9.66 Å². The molecule has 0 spiro atoms. The van der Waals surface area contributed by atoms with Gasteiger partial charge in [0.25, 0.3) is 0 Å². The number of halogens is 1. The molecule has 0 aliphatic rings. The second-order valence-electron chi connectivity index (χ2n) is 11.9. The molecule has 8 heteroatoms. The van der Waals surface area contributed by atoms with E-state index in [4.69, 9.17) is 13.7 Å². The van der Waals surface area contributed by atoms with Gasteiger partial charge in [-0.05, 0) is 59.8 Å². The van der Waals surface area contributed by atoms with Crippen molar-refractivity contribution in [2.75, 3.05) is 14.2 Å². The Labute approximate surface area is 208 Å². The van der Waals surface area contributed by atoms with E-state index in [0.29, 0.717) is 6.42 Å². The minimum absolute atomic E-state index is 0.0479. The fraction of sp³-hybridized carbons (Fsp3) is 0.870. The highest BCUT2D eigenvalue weighted by Gasteiger charge is 2.46. The van der Waals surface area contributed by atoms with Gasteiger partial charge in [-0.1, -0.05) is 64.1 Å². The number of carbonyl (C=O) groups excluding carboxylic acids is 1. The Morgan fingerprint density at radius 1 is 1.00 bits per heavy atom. The predicted octanol–water partition coefficient (Wildman–Crippen LogP) is 7.30.